The summed E-state index contributed by atoms with van der Waals surface area (Å²) in [6.45, 7) is 4.00. The first-order valence-electron chi connectivity index (χ1n) is 8.92. The maximum Gasteiger partial charge on any atom is 0.229 e. The van der Waals surface area contributed by atoms with Gasteiger partial charge in [-0.1, -0.05) is 15.9 Å². The highest BCUT2D eigenvalue weighted by Crippen LogP contribution is 2.31. The highest BCUT2D eigenvalue weighted by atomic mass is 79.9. The van der Waals surface area contributed by atoms with Crippen molar-refractivity contribution >= 4 is 50.4 Å². The molecule has 1 aromatic carbocycles. The van der Waals surface area contributed by atoms with Crippen molar-refractivity contribution in [3.8, 4) is 0 Å². The molecule has 9 heteroatoms. The number of nitrogens with one attached hydrogen (secondary N) is 1. The van der Waals surface area contributed by atoms with Crippen LogP contribution >= 0.6 is 15.9 Å². The van der Waals surface area contributed by atoms with Crippen LogP contribution < -0.4 is 4.90 Å². The number of halogens is 1. The van der Waals surface area contributed by atoms with Gasteiger partial charge in [-0.05, 0) is 18.2 Å². The van der Waals surface area contributed by atoms with Crippen molar-refractivity contribution in [2.75, 3.05) is 37.6 Å². The van der Waals surface area contributed by atoms with Crippen LogP contribution in [0.1, 0.15) is 13.3 Å². The summed E-state index contributed by atoms with van der Waals surface area (Å²) in [6.07, 6.45) is 0.191. The SMILES string of the molecule is CC(=O)N1CCN(C(=O)[C@@H]2CC(=O)N(c3n[nH]c4cc(Br)ccc34)C2)CC1. The Morgan fingerprint density at radius 1 is 1.19 bits per heavy atom. The molecule has 0 saturated carbocycles. The molecule has 0 unspecified atom stereocenters. The topological polar surface area (TPSA) is 89.6 Å². The normalized spacial score (nSPS) is 20.6. The lowest BCUT2D eigenvalue weighted by Crippen LogP contribution is -2.51. The van der Waals surface area contributed by atoms with E-state index in [0.29, 0.717) is 38.5 Å². The Kier molecular flexibility index (Phi) is 4.63. The van der Waals surface area contributed by atoms with Crippen LogP contribution in [0.5, 0.6) is 0 Å². The number of carbonyl (C=O) groups is 3. The average Bonchev–Trinajstić information content (AvgIpc) is 3.23. The van der Waals surface area contributed by atoms with Crippen molar-refractivity contribution in [3.05, 3.63) is 22.7 Å². The molecule has 2 aliphatic heterocycles. The first-order chi connectivity index (χ1) is 12.9. The molecule has 0 aliphatic carbocycles. The van der Waals surface area contributed by atoms with Crippen LogP contribution in [0.15, 0.2) is 22.7 Å². The molecule has 4 rings (SSSR count). The van der Waals surface area contributed by atoms with Crippen LogP contribution in [0, 0.1) is 5.92 Å². The molecule has 0 radical (unpaired) electrons. The molecule has 27 heavy (non-hydrogen) atoms. The van der Waals surface area contributed by atoms with Gasteiger partial charge in [0, 0.05) is 55.9 Å². The minimum Gasteiger partial charge on any atom is -0.339 e. The molecule has 2 fully saturated rings. The molecular formula is C18H20BrN5O3. The predicted molar refractivity (Wildman–Crippen MR) is 103 cm³/mol. The Labute approximate surface area is 164 Å². The monoisotopic (exact) mass is 433 g/mol. The van der Waals surface area contributed by atoms with E-state index < -0.39 is 0 Å². The second-order valence-corrected chi connectivity index (χ2v) is 7.89. The second kappa shape index (κ2) is 6.95. The fraction of sp³-hybridized carbons (Fsp3) is 0.444. The molecule has 0 spiro atoms. The summed E-state index contributed by atoms with van der Waals surface area (Å²) in [5, 5.41) is 8.09. The molecule has 3 heterocycles. The van der Waals surface area contributed by atoms with Crippen molar-refractivity contribution in [3.63, 3.8) is 0 Å². The van der Waals surface area contributed by atoms with E-state index in [2.05, 4.69) is 26.1 Å². The van der Waals surface area contributed by atoms with Crippen molar-refractivity contribution in [2.24, 2.45) is 5.92 Å². The number of aromatic nitrogens is 2. The smallest absolute Gasteiger partial charge is 0.229 e. The van der Waals surface area contributed by atoms with Gasteiger partial charge in [0.2, 0.25) is 17.7 Å². The summed E-state index contributed by atoms with van der Waals surface area (Å²) in [6, 6.07) is 5.71. The van der Waals surface area contributed by atoms with Gasteiger partial charge in [-0.3, -0.25) is 24.4 Å². The molecule has 1 atom stereocenters. The number of benzene rings is 1. The van der Waals surface area contributed by atoms with E-state index in [1.807, 2.05) is 18.2 Å². The van der Waals surface area contributed by atoms with E-state index in [9.17, 15) is 14.4 Å². The van der Waals surface area contributed by atoms with Gasteiger partial charge in [0.05, 0.1) is 11.4 Å². The Bertz CT molecular complexity index is 919. The number of fused-ring (bicyclic) bond motifs is 1. The largest absolute Gasteiger partial charge is 0.339 e. The maximum atomic E-state index is 12.9. The molecule has 2 saturated heterocycles. The maximum absolute atomic E-state index is 12.9. The summed E-state index contributed by atoms with van der Waals surface area (Å²) in [5.74, 6) is 0.118. The van der Waals surface area contributed by atoms with Crippen LogP contribution in [0.3, 0.4) is 0 Å². The molecule has 2 aromatic rings. The molecule has 1 aromatic heterocycles. The number of aromatic amines is 1. The van der Waals surface area contributed by atoms with Gasteiger partial charge < -0.3 is 9.80 Å². The first kappa shape index (κ1) is 18.0. The number of anilines is 1. The average molecular weight is 434 g/mol. The van der Waals surface area contributed by atoms with Gasteiger partial charge in [-0.15, -0.1) is 0 Å². The third kappa shape index (κ3) is 3.31. The van der Waals surface area contributed by atoms with E-state index in [1.165, 1.54) is 6.92 Å². The Hall–Kier alpha value is -2.42. The van der Waals surface area contributed by atoms with E-state index in [1.54, 1.807) is 14.7 Å². The lowest BCUT2D eigenvalue weighted by Gasteiger charge is -2.35. The lowest BCUT2D eigenvalue weighted by atomic mass is 10.1. The molecule has 0 bridgehead atoms. The van der Waals surface area contributed by atoms with Crippen LogP contribution in [0.2, 0.25) is 0 Å². The first-order valence-corrected chi connectivity index (χ1v) is 9.71. The fourth-order valence-corrected chi connectivity index (χ4v) is 4.12. The van der Waals surface area contributed by atoms with Crippen molar-refractivity contribution in [2.45, 2.75) is 13.3 Å². The molecule has 142 valence electrons. The number of nitrogens with zero attached hydrogens (tertiary/aromatic N) is 4. The third-order valence-electron chi connectivity index (χ3n) is 5.27. The van der Waals surface area contributed by atoms with Gasteiger partial charge in [0.1, 0.15) is 0 Å². The highest BCUT2D eigenvalue weighted by molar-refractivity contribution is 9.10. The fourth-order valence-electron chi connectivity index (χ4n) is 3.76. The summed E-state index contributed by atoms with van der Waals surface area (Å²) in [5.41, 5.74) is 0.835. The van der Waals surface area contributed by atoms with E-state index in [4.69, 9.17) is 0 Å². The van der Waals surface area contributed by atoms with Crippen LogP contribution in [-0.2, 0) is 14.4 Å². The standard InChI is InChI=1S/C18H20BrN5O3/c1-11(25)22-4-6-23(7-5-22)18(27)12-8-16(26)24(10-12)17-14-3-2-13(19)9-15(14)20-21-17/h2-3,9,12H,4-8,10H2,1H3,(H,20,21)/t12-/m1/s1. The van der Waals surface area contributed by atoms with Gasteiger partial charge in [0.15, 0.2) is 5.82 Å². The van der Waals surface area contributed by atoms with Gasteiger partial charge in [0.25, 0.3) is 0 Å². The van der Waals surface area contributed by atoms with E-state index >= 15 is 0 Å². The van der Waals surface area contributed by atoms with Crippen LogP contribution in [-0.4, -0.2) is 70.4 Å². The number of piperazine rings is 1. The predicted octanol–water partition coefficient (Wildman–Crippen LogP) is 1.37. The molecule has 2 aliphatic rings. The molecule has 1 N–H and O–H groups in total. The number of H-pyrrole nitrogens is 1. The molecule has 3 amide bonds. The third-order valence-corrected chi connectivity index (χ3v) is 5.76. The summed E-state index contributed by atoms with van der Waals surface area (Å²) < 4.78 is 0.927. The quantitative estimate of drug-likeness (QED) is 0.774. The Balaban J connectivity index is 1.47. The number of hydrogen-bond acceptors (Lipinski definition) is 4. The van der Waals surface area contributed by atoms with Crippen LogP contribution in [0.4, 0.5) is 5.82 Å². The number of hydrogen-bond donors (Lipinski definition) is 1. The van der Waals surface area contributed by atoms with E-state index in [-0.39, 0.29) is 30.1 Å². The molecule has 8 nitrogen and oxygen atoms in total. The van der Waals surface area contributed by atoms with Gasteiger partial charge in [-0.25, -0.2) is 0 Å². The highest BCUT2D eigenvalue weighted by Gasteiger charge is 2.39. The van der Waals surface area contributed by atoms with Crippen LogP contribution in [0.25, 0.3) is 10.9 Å². The summed E-state index contributed by atoms with van der Waals surface area (Å²) >= 11 is 3.42. The van der Waals surface area contributed by atoms with E-state index in [0.717, 1.165) is 15.4 Å². The number of rotatable bonds is 2. The Morgan fingerprint density at radius 3 is 2.59 bits per heavy atom. The minimum atomic E-state index is -0.372. The van der Waals surface area contributed by atoms with Gasteiger partial charge >= 0.3 is 0 Å². The van der Waals surface area contributed by atoms with Crippen molar-refractivity contribution in [1.82, 2.24) is 20.0 Å². The zero-order chi connectivity index (χ0) is 19.1. The van der Waals surface area contributed by atoms with Crippen molar-refractivity contribution in [1.29, 1.82) is 0 Å². The summed E-state index contributed by atoms with van der Waals surface area (Å²) in [7, 11) is 0. The minimum absolute atomic E-state index is 0.0170. The second-order valence-electron chi connectivity index (χ2n) is 6.97. The molecular weight excluding hydrogens is 414 g/mol. The number of carbonyl (C=O) groups excluding carboxylic acids is 3. The summed E-state index contributed by atoms with van der Waals surface area (Å²) in [4.78, 5) is 42.0. The van der Waals surface area contributed by atoms with Crippen molar-refractivity contribution < 1.29 is 14.4 Å². The number of amides is 3. The Morgan fingerprint density at radius 2 is 1.89 bits per heavy atom. The lowest BCUT2D eigenvalue weighted by molar-refractivity contribution is -0.141. The zero-order valence-corrected chi connectivity index (χ0v) is 16.5. The van der Waals surface area contributed by atoms with Gasteiger partial charge in [-0.2, -0.15) is 5.10 Å². The zero-order valence-electron chi connectivity index (χ0n) is 14.9.